The second-order valence-corrected chi connectivity index (χ2v) is 6.99. The molecular weight excluding hydrogens is 254 g/mol. The van der Waals surface area contributed by atoms with Gasteiger partial charge in [0.25, 0.3) is 0 Å². The number of carbonyl (C=O) groups is 1. The predicted octanol–water partition coefficient (Wildman–Crippen LogP) is 1.58. The van der Waals surface area contributed by atoms with E-state index in [2.05, 4.69) is 15.5 Å². The van der Waals surface area contributed by atoms with Crippen LogP contribution in [0.15, 0.2) is 0 Å². The second-order valence-electron chi connectivity index (χ2n) is 6.99. The van der Waals surface area contributed by atoms with Crippen LogP contribution in [0.2, 0.25) is 0 Å². The lowest BCUT2D eigenvalue weighted by Gasteiger charge is -2.44. The van der Waals surface area contributed by atoms with Gasteiger partial charge in [0, 0.05) is 38.8 Å². The second kappa shape index (κ2) is 6.76. The highest BCUT2D eigenvalue weighted by molar-refractivity contribution is 5.67. The molecule has 116 valence electrons. The summed E-state index contributed by atoms with van der Waals surface area (Å²) in [6.45, 7) is 11.0. The molecule has 2 aliphatic rings. The summed E-state index contributed by atoms with van der Waals surface area (Å²) in [4.78, 5) is 14.1. The van der Waals surface area contributed by atoms with Crippen molar-refractivity contribution in [3.8, 4) is 0 Å². The molecule has 0 bridgehead atoms. The summed E-state index contributed by atoms with van der Waals surface area (Å²) < 4.78 is 5.22. The van der Waals surface area contributed by atoms with Gasteiger partial charge < -0.3 is 15.4 Å². The molecule has 5 nitrogen and oxygen atoms in total. The molecule has 0 aromatic carbocycles. The van der Waals surface area contributed by atoms with E-state index < -0.39 is 5.60 Å². The molecule has 0 aromatic rings. The minimum atomic E-state index is -0.409. The molecule has 0 unspecified atom stereocenters. The standard InChI is InChI=1S/C15H29N3O2/c1-15(2,3)20-14(19)17-5-4-12-10-13(11-12)18-8-6-16-7-9-18/h12-13,16H,4-11H2,1-3H3,(H,17,19). The fourth-order valence-electron chi connectivity index (χ4n) is 2.97. The van der Waals surface area contributed by atoms with Crippen LogP contribution in [-0.4, -0.2) is 55.4 Å². The van der Waals surface area contributed by atoms with E-state index in [1.165, 1.54) is 25.9 Å². The Morgan fingerprint density at radius 3 is 2.55 bits per heavy atom. The first-order chi connectivity index (χ1) is 9.44. The van der Waals surface area contributed by atoms with E-state index in [9.17, 15) is 4.79 Å². The van der Waals surface area contributed by atoms with E-state index in [0.29, 0.717) is 0 Å². The Kier molecular flexibility index (Phi) is 5.27. The van der Waals surface area contributed by atoms with E-state index in [4.69, 9.17) is 4.74 Å². The highest BCUT2D eigenvalue weighted by Gasteiger charge is 2.33. The Balaban J connectivity index is 1.53. The van der Waals surface area contributed by atoms with Crippen molar-refractivity contribution in [3.05, 3.63) is 0 Å². The molecule has 1 aliphatic carbocycles. The van der Waals surface area contributed by atoms with Gasteiger partial charge in [-0.3, -0.25) is 4.90 Å². The van der Waals surface area contributed by atoms with Crippen LogP contribution in [0.25, 0.3) is 0 Å². The zero-order valence-electron chi connectivity index (χ0n) is 13.1. The summed E-state index contributed by atoms with van der Waals surface area (Å²) in [7, 11) is 0. The molecule has 1 amide bonds. The fourth-order valence-corrected chi connectivity index (χ4v) is 2.97. The fraction of sp³-hybridized carbons (Fsp3) is 0.933. The first kappa shape index (κ1) is 15.6. The summed E-state index contributed by atoms with van der Waals surface area (Å²) in [6.07, 6.45) is 3.35. The van der Waals surface area contributed by atoms with E-state index in [1.54, 1.807) is 0 Å². The molecule has 1 aliphatic heterocycles. The molecule has 0 aromatic heterocycles. The van der Waals surface area contributed by atoms with Crippen molar-refractivity contribution in [1.82, 2.24) is 15.5 Å². The van der Waals surface area contributed by atoms with Gasteiger partial charge in [0.2, 0.25) is 0 Å². The van der Waals surface area contributed by atoms with Crippen molar-refractivity contribution in [1.29, 1.82) is 0 Å². The Bertz CT molecular complexity index is 316. The Hall–Kier alpha value is -0.810. The molecule has 1 heterocycles. The van der Waals surface area contributed by atoms with Crippen LogP contribution >= 0.6 is 0 Å². The van der Waals surface area contributed by atoms with E-state index in [-0.39, 0.29) is 6.09 Å². The summed E-state index contributed by atoms with van der Waals surface area (Å²) >= 11 is 0. The summed E-state index contributed by atoms with van der Waals surface area (Å²) in [6, 6.07) is 0.781. The maximum atomic E-state index is 11.5. The Labute approximate surface area is 122 Å². The molecule has 0 radical (unpaired) electrons. The Morgan fingerprint density at radius 2 is 1.95 bits per heavy atom. The number of nitrogens with one attached hydrogen (secondary N) is 2. The van der Waals surface area contributed by atoms with Crippen LogP contribution in [0.3, 0.4) is 0 Å². The smallest absolute Gasteiger partial charge is 0.407 e. The maximum absolute atomic E-state index is 11.5. The van der Waals surface area contributed by atoms with Gasteiger partial charge in [0.1, 0.15) is 5.60 Å². The average Bonchev–Trinajstić information content (AvgIpc) is 2.31. The molecule has 2 rings (SSSR count). The molecule has 20 heavy (non-hydrogen) atoms. The van der Waals surface area contributed by atoms with Gasteiger partial charge in [0.15, 0.2) is 0 Å². The topological polar surface area (TPSA) is 53.6 Å². The number of alkyl carbamates (subject to hydrolysis) is 1. The zero-order valence-corrected chi connectivity index (χ0v) is 13.1. The number of hydrogen-bond donors (Lipinski definition) is 2. The lowest BCUT2D eigenvalue weighted by molar-refractivity contribution is 0.0488. The van der Waals surface area contributed by atoms with E-state index in [0.717, 1.165) is 38.0 Å². The quantitative estimate of drug-likeness (QED) is 0.822. The van der Waals surface area contributed by atoms with Crippen LogP contribution in [0, 0.1) is 5.92 Å². The summed E-state index contributed by atoms with van der Waals surface area (Å²) in [5.41, 5.74) is -0.409. The van der Waals surface area contributed by atoms with Gasteiger partial charge >= 0.3 is 6.09 Å². The third-order valence-electron chi connectivity index (χ3n) is 4.10. The largest absolute Gasteiger partial charge is 0.444 e. The molecule has 1 saturated carbocycles. The average molecular weight is 283 g/mol. The highest BCUT2D eigenvalue weighted by Crippen LogP contribution is 2.33. The Morgan fingerprint density at radius 1 is 1.30 bits per heavy atom. The number of rotatable bonds is 4. The predicted molar refractivity (Wildman–Crippen MR) is 79.8 cm³/mol. The van der Waals surface area contributed by atoms with Crippen molar-refractivity contribution < 1.29 is 9.53 Å². The first-order valence-corrected chi connectivity index (χ1v) is 7.85. The van der Waals surface area contributed by atoms with Crippen molar-refractivity contribution in [2.24, 2.45) is 5.92 Å². The zero-order chi connectivity index (χ0) is 14.6. The highest BCUT2D eigenvalue weighted by atomic mass is 16.6. The number of carbonyl (C=O) groups excluding carboxylic acids is 1. The molecule has 5 heteroatoms. The third-order valence-corrected chi connectivity index (χ3v) is 4.10. The number of amides is 1. The van der Waals surface area contributed by atoms with E-state index >= 15 is 0 Å². The number of piperazine rings is 1. The number of nitrogens with zero attached hydrogens (tertiary/aromatic N) is 1. The summed E-state index contributed by atoms with van der Waals surface area (Å²) in [5.74, 6) is 0.768. The lowest BCUT2D eigenvalue weighted by atomic mass is 9.77. The van der Waals surface area contributed by atoms with Gasteiger partial charge in [-0.25, -0.2) is 4.79 Å². The minimum absolute atomic E-state index is 0.296. The van der Waals surface area contributed by atoms with Crippen LogP contribution in [0.1, 0.15) is 40.0 Å². The van der Waals surface area contributed by atoms with Gasteiger partial charge in [-0.15, -0.1) is 0 Å². The molecular formula is C15H29N3O2. The maximum Gasteiger partial charge on any atom is 0.407 e. The van der Waals surface area contributed by atoms with Gasteiger partial charge in [-0.1, -0.05) is 0 Å². The molecule has 1 saturated heterocycles. The monoisotopic (exact) mass is 283 g/mol. The van der Waals surface area contributed by atoms with Gasteiger partial charge in [-0.05, 0) is 46.0 Å². The van der Waals surface area contributed by atoms with Crippen LogP contribution in [-0.2, 0) is 4.74 Å². The van der Waals surface area contributed by atoms with Crippen molar-refractivity contribution in [3.63, 3.8) is 0 Å². The van der Waals surface area contributed by atoms with Crippen molar-refractivity contribution in [2.45, 2.75) is 51.7 Å². The molecule has 0 atom stereocenters. The van der Waals surface area contributed by atoms with Gasteiger partial charge in [-0.2, -0.15) is 0 Å². The first-order valence-electron chi connectivity index (χ1n) is 7.85. The number of hydrogen-bond acceptors (Lipinski definition) is 4. The van der Waals surface area contributed by atoms with E-state index in [1.807, 2.05) is 20.8 Å². The molecule has 2 fully saturated rings. The normalized spacial score (nSPS) is 27.8. The third kappa shape index (κ3) is 4.94. The lowest BCUT2D eigenvalue weighted by Crippen LogP contribution is -2.53. The molecule has 0 spiro atoms. The SMILES string of the molecule is CC(C)(C)OC(=O)NCCC1CC(N2CCNCC2)C1. The summed E-state index contributed by atoms with van der Waals surface area (Å²) in [5, 5.41) is 6.24. The van der Waals surface area contributed by atoms with Crippen LogP contribution in [0.5, 0.6) is 0 Å². The van der Waals surface area contributed by atoms with Crippen LogP contribution in [0.4, 0.5) is 4.79 Å². The minimum Gasteiger partial charge on any atom is -0.444 e. The van der Waals surface area contributed by atoms with Crippen molar-refractivity contribution >= 4 is 6.09 Å². The molecule has 2 N–H and O–H groups in total. The van der Waals surface area contributed by atoms with Gasteiger partial charge in [0.05, 0.1) is 0 Å². The van der Waals surface area contributed by atoms with Crippen LogP contribution < -0.4 is 10.6 Å². The number of ether oxygens (including phenoxy) is 1. The van der Waals surface area contributed by atoms with Crippen molar-refractivity contribution in [2.75, 3.05) is 32.7 Å².